The summed E-state index contributed by atoms with van der Waals surface area (Å²) in [6.07, 6.45) is 0. The lowest BCUT2D eigenvalue weighted by Crippen LogP contribution is -2.15. The Labute approximate surface area is 164 Å². The third-order valence-electron chi connectivity index (χ3n) is 3.61. The number of oxazole rings is 1. The third-order valence-corrected chi connectivity index (χ3v) is 6.41. The summed E-state index contributed by atoms with van der Waals surface area (Å²) in [5.41, 5.74) is 0.824. The van der Waals surface area contributed by atoms with Crippen molar-refractivity contribution >= 4 is 55.9 Å². The molecule has 0 saturated carbocycles. The average molecular weight is 429 g/mol. The summed E-state index contributed by atoms with van der Waals surface area (Å²) in [6.45, 7) is 1.56. The van der Waals surface area contributed by atoms with Crippen molar-refractivity contribution in [1.82, 2.24) is 4.98 Å². The number of thioether (sulfide) groups is 1. The molecule has 0 radical (unpaired) electrons. The number of nitrogens with zero attached hydrogens (tertiary/aromatic N) is 1. The summed E-state index contributed by atoms with van der Waals surface area (Å²) < 4.78 is 43.1. The molecule has 0 aliphatic carbocycles. The number of nitrogens with one attached hydrogen (secondary N) is 1. The summed E-state index contributed by atoms with van der Waals surface area (Å²) in [5.74, 6) is -1.15. The molecule has 1 N–H and O–H groups in total. The molecule has 6 nitrogen and oxygen atoms in total. The first kappa shape index (κ1) is 19.7. The Bertz CT molecular complexity index is 1120. The zero-order valence-corrected chi connectivity index (χ0v) is 16.4. The summed E-state index contributed by atoms with van der Waals surface area (Å²) in [6, 6.07) is 8.36. The molecular formula is C17H14ClFN2O4S2. The monoisotopic (exact) mass is 428 g/mol. The Morgan fingerprint density at radius 1 is 1.30 bits per heavy atom. The molecule has 0 atom stereocenters. The molecule has 27 heavy (non-hydrogen) atoms. The van der Waals surface area contributed by atoms with E-state index in [0.717, 1.165) is 17.8 Å². The Morgan fingerprint density at radius 3 is 2.78 bits per heavy atom. The highest BCUT2D eigenvalue weighted by Crippen LogP contribution is 2.26. The first-order valence-electron chi connectivity index (χ1n) is 7.79. The summed E-state index contributed by atoms with van der Waals surface area (Å²) in [7, 11) is -3.35. The fourth-order valence-corrected chi connectivity index (χ4v) is 3.91. The van der Waals surface area contributed by atoms with Gasteiger partial charge >= 0.3 is 0 Å². The lowest BCUT2D eigenvalue weighted by Gasteiger charge is -2.05. The van der Waals surface area contributed by atoms with Crippen LogP contribution >= 0.6 is 23.4 Å². The van der Waals surface area contributed by atoms with Gasteiger partial charge in [0.2, 0.25) is 5.91 Å². The number of hydrogen-bond acceptors (Lipinski definition) is 6. The van der Waals surface area contributed by atoms with Gasteiger partial charge in [-0.15, -0.1) is 0 Å². The van der Waals surface area contributed by atoms with E-state index in [-0.39, 0.29) is 32.3 Å². The van der Waals surface area contributed by atoms with Crippen molar-refractivity contribution < 1.29 is 22.0 Å². The van der Waals surface area contributed by atoms with E-state index in [9.17, 15) is 17.6 Å². The van der Waals surface area contributed by atoms with E-state index in [1.54, 1.807) is 6.92 Å². The molecule has 10 heteroatoms. The molecule has 0 saturated heterocycles. The third kappa shape index (κ3) is 4.60. The van der Waals surface area contributed by atoms with Crippen LogP contribution in [-0.4, -0.2) is 30.8 Å². The number of anilines is 1. The maximum atomic E-state index is 13.7. The van der Waals surface area contributed by atoms with Crippen molar-refractivity contribution in [2.24, 2.45) is 0 Å². The molecule has 1 amide bonds. The van der Waals surface area contributed by atoms with Crippen LogP contribution in [0.4, 0.5) is 10.1 Å². The van der Waals surface area contributed by atoms with Crippen molar-refractivity contribution in [2.75, 3.05) is 16.8 Å². The van der Waals surface area contributed by atoms with E-state index < -0.39 is 21.6 Å². The molecule has 0 aliphatic heterocycles. The number of carbonyl (C=O) groups is 1. The van der Waals surface area contributed by atoms with E-state index in [0.29, 0.717) is 11.1 Å². The van der Waals surface area contributed by atoms with Crippen LogP contribution in [0.3, 0.4) is 0 Å². The molecule has 3 rings (SSSR count). The molecule has 3 aromatic rings. The topological polar surface area (TPSA) is 89.3 Å². The Kier molecular flexibility index (Phi) is 5.73. The van der Waals surface area contributed by atoms with Gasteiger partial charge in [-0.05, 0) is 36.4 Å². The zero-order chi connectivity index (χ0) is 19.6. The second-order valence-electron chi connectivity index (χ2n) is 5.47. The van der Waals surface area contributed by atoms with Gasteiger partial charge in [0.15, 0.2) is 15.4 Å². The van der Waals surface area contributed by atoms with Gasteiger partial charge in [-0.3, -0.25) is 4.79 Å². The van der Waals surface area contributed by atoms with E-state index >= 15 is 0 Å². The fourth-order valence-electron chi connectivity index (χ4n) is 2.21. The molecule has 0 aliphatic rings. The van der Waals surface area contributed by atoms with Gasteiger partial charge in [0, 0.05) is 5.02 Å². The van der Waals surface area contributed by atoms with E-state index in [2.05, 4.69) is 10.3 Å². The molecule has 1 aromatic heterocycles. The van der Waals surface area contributed by atoms with Gasteiger partial charge < -0.3 is 9.73 Å². The minimum Gasteiger partial charge on any atom is -0.431 e. The molecule has 2 aromatic carbocycles. The number of hydrogen-bond donors (Lipinski definition) is 1. The fraction of sp³-hybridized carbons (Fsp3) is 0.176. The number of halogens is 2. The first-order chi connectivity index (χ1) is 12.8. The predicted molar refractivity (Wildman–Crippen MR) is 102 cm³/mol. The average Bonchev–Trinajstić information content (AvgIpc) is 3.04. The highest BCUT2D eigenvalue weighted by atomic mass is 35.5. The van der Waals surface area contributed by atoms with Gasteiger partial charge in [-0.1, -0.05) is 30.3 Å². The van der Waals surface area contributed by atoms with E-state index in [1.807, 2.05) is 0 Å². The number of amides is 1. The lowest BCUT2D eigenvalue weighted by molar-refractivity contribution is -0.113. The van der Waals surface area contributed by atoms with Crippen molar-refractivity contribution in [3.63, 3.8) is 0 Å². The highest BCUT2D eigenvalue weighted by Gasteiger charge is 2.16. The number of benzene rings is 2. The Morgan fingerprint density at radius 2 is 2.07 bits per heavy atom. The van der Waals surface area contributed by atoms with Gasteiger partial charge in [-0.25, -0.2) is 17.8 Å². The summed E-state index contributed by atoms with van der Waals surface area (Å²) in [4.78, 5) is 16.3. The van der Waals surface area contributed by atoms with Crippen molar-refractivity contribution in [2.45, 2.75) is 17.0 Å². The van der Waals surface area contributed by atoms with Crippen LogP contribution in [0, 0.1) is 5.82 Å². The van der Waals surface area contributed by atoms with E-state index in [1.165, 1.54) is 30.3 Å². The second kappa shape index (κ2) is 7.87. The smallest absolute Gasteiger partial charge is 0.257 e. The van der Waals surface area contributed by atoms with Gasteiger partial charge in [0.05, 0.1) is 22.1 Å². The summed E-state index contributed by atoms with van der Waals surface area (Å²) >= 11 is 6.68. The van der Waals surface area contributed by atoms with Crippen molar-refractivity contribution in [3.8, 4) is 0 Å². The highest BCUT2D eigenvalue weighted by molar-refractivity contribution is 7.99. The number of sulfone groups is 1. The van der Waals surface area contributed by atoms with Crippen LogP contribution in [0.25, 0.3) is 11.1 Å². The maximum absolute atomic E-state index is 13.7. The molecule has 142 valence electrons. The molecule has 0 fully saturated rings. The summed E-state index contributed by atoms with van der Waals surface area (Å²) in [5, 5.41) is 2.88. The Balaban J connectivity index is 1.68. The van der Waals surface area contributed by atoms with Crippen LogP contribution in [-0.2, 0) is 14.6 Å². The van der Waals surface area contributed by atoms with E-state index in [4.69, 9.17) is 16.0 Å². The molecule has 0 bridgehead atoms. The number of rotatable bonds is 6. The van der Waals surface area contributed by atoms with Gasteiger partial charge in [0.25, 0.3) is 5.22 Å². The molecule has 1 heterocycles. The lowest BCUT2D eigenvalue weighted by atomic mass is 10.3. The van der Waals surface area contributed by atoms with Crippen LogP contribution in [0.5, 0.6) is 0 Å². The largest absolute Gasteiger partial charge is 0.431 e. The maximum Gasteiger partial charge on any atom is 0.257 e. The quantitative estimate of drug-likeness (QED) is 0.593. The SMILES string of the molecule is CCS(=O)(=O)c1ccc2oc(SCC(=O)Nc3ccc(Cl)cc3F)nc2c1. The number of carbonyl (C=O) groups excluding carboxylic acids is 1. The van der Waals surface area contributed by atoms with Crippen molar-refractivity contribution in [3.05, 3.63) is 47.2 Å². The zero-order valence-electron chi connectivity index (χ0n) is 14.0. The van der Waals surface area contributed by atoms with Crippen LogP contribution in [0.1, 0.15) is 6.92 Å². The second-order valence-corrected chi connectivity index (χ2v) is 9.12. The predicted octanol–water partition coefficient (Wildman–Crippen LogP) is 4.14. The minimum absolute atomic E-state index is 0.0145. The Hall–Kier alpha value is -2.10. The van der Waals surface area contributed by atoms with Crippen LogP contribution in [0.15, 0.2) is 50.9 Å². The minimum atomic E-state index is -3.35. The van der Waals surface area contributed by atoms with Gasteiger partial charge in [-0.2, -0.15) is 0 Å². The van der Waals surface area contributed by atoms with Crippen LogP contribution in [0.2, 0.25) is 5.02 Å². The molecule has 0 unspecified atom stereocenters. The molecule has 0 spiro atoms. The first-order valence-corrected chi connectivity index (χ1v) is 10.8. The van der Waals surface area contributed by atoms with Crippen molar-refractivity contribution in [1.29, 1.82) is 0 Å². The van der Waals surface area contributed by atoms with Gasteiger partial charge in [0.1, 0.15) is 11.3 Å². The number of aromatic nitrogens is 1. The standard InChI is InChI=1S/C17H14ClFN2O4S2/c1-2-27(23,24)11-4-6-15-14(8-11)21-17(25-15)26-9-16(22)20-13-5-3-10(18)7-12(13)19/h3-8H,2,9H2,1H3,(H,20,22). The van der Waals surface area contributed by atoms with Crippen LogP contribution < -0.4 is 5.32 Å². The molecular weight excluding hydrogens is 415 g/mol. The normalized spacial score (nSPS) is 11.7. The number of fused-ring (bicyclic) bond motifs is 1.